The summed E-state index contributed by atoms with van der Waals surface area (Å²) >= 11 is 1.50. The number of hydroxylamine groups is 1. The highest BCUT2D eigenvalue weighted by molar-refractivity contribution is 7.07. The normalized spacial score (nSPS) is 12.7. The Balaban J connectivity index is 2.10. The molecule has 2 rings (SSSR count). The van der Waals surface area contributed by atoms with Crippen LogP contribution in [0.5, 0.6) is 0 Å². The van der Waals surface area contributed by atoms with Crippen molar-refractivity contribution in [3.8, 4) is 0 Å². The third kappa shape index (κ3) is 8.06. The van der Waals surface area contributed by atoms with Gasteiger partial charge in [0.15, 0.2) is 0 Å². The molecule has 1 aromatic carbocycles. The van der Waals surface area contributed by atoms with Gasteiger partial charge < -0.3 is 14.8 Å². The van der Waals surface area contributed by atoms with Gasteiger partial charge in [0.1, 0.15) is 6.79 Å². The summed E-state index contributed by atoms with van der Waals surface area (Å²) in [7, 11) is 0. The molecule has 3 N–H and O–H groups in total. The van der Waals surface area contributed by atoms with Gasteiger partial charge in [-0.05, 0) is 54.3 Å². The number of thiophene rings is 1. The molecule has 10 nitrogen and oxygen atoms in total. The second kappa shape index (κ2) is 12.7. The maximum absolute atomic E-state index is 12.6. The molecule has 0 radical (unpaired) electrons. The number of carbonyl (C=O) groups excluding carboxylic acids is 2. The van der Waals surface area contributed by atoms with Crippen LogP contribution in [0.1, 0.15) is 29.3 Å². The Morgan fingerprint density at radius 2 is 1.97 bits per heavy atom. The van der Waals surface area contributed by atoms with Crippen molar-refractivity contribution in [2.24, 2.45) is 5.92 Å². The number of benzene rings is 1. The summed E-state index contributed by atoms with van der Waals surface area (Å²) in [5, 5.41) is 26.5. The van der Waals surface area contributed by atoms with Gasteiger partial charge in [-0.3, -0.25) is 24.9 Å². The molecule has 2 unspecified atom stereocenters. The number of nitrogens with zero attached hydrogens (tertiary/aromatic N) is 1. The van der Waals surface area contributed by atoms with Gasteiger partial charge in [0.25, 0.3) is 11.6 Å². The van der Waals surface area contributed by atoms with Crippen molar-refractivity contribution in [1.29, 1.82) is 0 Å². The van der Waals surface area contributed by atoms with Gasteiger partial charge in [0.05, 0.1) is 17.6 Å². The number of non-ortho nitro benzene ring substituents is 1. The van der Waals surface area contributed by atoms with E-state index >= 15 is 0 Å². The molecule has 0 fully saturated rings. The number of nitro benzene ring substituents is 1. The van der Waals surface area contributed by atoms with Crippen molar-refractivity contribution in [2.45, 2.75) is 25.8 Å². The maximum Gasteiger partial charge on any atom is 0.269 e. The lowest BCUT2D eigenvalue weighted by Crippen LogP contribution is -2.42. The van der Waals surface area contributed by atoms with E-state index in [0.717, 1.165) is 5.56 Å². The predicted molar refractivity (Wildman–Crippen MR) is 113 cm³/mol. The molecule has 0 aliphatic heterocycles. The Labute approximate surface area is 183 Å². The van der Waals surface area contributed by atoms with Crippen LogP contribution >= 0.6 is 11.3 Å². The maximum atomic E-state index is 12.6. The fraction of sp³-hybridized carbons (Fsp3) is 0.400. The molecule has 0 bridgehead atoms. The van der Waals surface area contributed by atoms with Crippen molar-refractivity contribution in [2.75, 3.05) is 20.0 Å². The second-order valence-corrected chi connectivity index (χ2v) is 7.48. The standard InChI is InChI=1S/C20H25N3O7S/c1-2-29-13-30-11-17(10-16(20(25)22-26)9-14-7-8-31-12-14)21-19(24)15-3-5-18(6-4-15)23(27)28/h3-8,12,16-17,26H,2,9-11,13H2,1H3,(H,21,24)(H,22,25). The first kappa shape index (κ1) is 24.4. The monoisotopic (exact) mass is 451 g/mol. The Bertz CT molecular complexity index is 843. The molecule has 2 atom stereocenters. The highest BCUT2D eigenvalue weighted by Gasteiger charge is 2.25. The van der Waals surface area contributed by atoms with E-state index < -0.39 is 28.7 Å². The largest absolute Gasteiger partial charge is 0.356 e. The zero-order valence-electron chi connectivity index (χ0n) is 17.0. The molecule has 0 spiro atoms. The third-order valence-corrected chi connectivity index (χ3v) is 5.21. The van der Waals surface area contributed by atoms with Crippen molar-refractivity contribution in [3.05, 3.63) is 62.3 Å². The number of carbonyl (C=O) groups is 2. The van der Waals surface area contributed by atoms with E-state index in [1.54, 1.807) is 5.48 Å². The number of hydrogen-bond acceptors (Lipinski definition) is 8. The molecule has 1 heterocycles. The van der Waals surface area contributed by atoms with E-state index in [1.807, 2.05) is 23.8 Å². The van der Waals surface area contributed by atoms with E-state index in [2.05, 4.69) is 5.32 Å². The lowest BCUT2D eigenvalue weighted by molar-refractivity contribution is -0.384. The smallest absolute Gasteiger partial charge is 0.269 e. The molecule has 0 saturated heterocycles. The van der Waals surface area contributed by atoms with E-state index in [0.29, 0.717) is 13.0 Å². The van der Waals surface area contributed by atoms with E-state index in [1.165, 1.54) is 35.6 Å². The summed E-state index contributed by atoms with van der Waals surface area (Å²) in [5.74, 6) is -1.64. The van der Waals surface area contributed by atoms with Crippen LogP contribution in [0.4, 0.5) is 5.69 Å². The Morgan fingerprint density at radius 1 is 1.23 bits per heavy atom. The van der Waals surface area contributed by atoms with Crippen LogP contribution in [-0.2, 0) is 20.7 Å². The molecule has 0 saturated carbocycles. The van der Waals surface area contributed by atoms with Crippen LogP contribution in [0.25, 0.3) is 0 Å². The first-order valence-electron chi connectivity index (χ1n) is 9.60. The van der Waals surface area contributed by atoms with Crippen LogP contribution in [0.2, 0.25) is 0 Å². The summed E-state index contributed by atoms with van der Waals surface area (Å²) in [6, 6.07) is 6.52. The van der Waals surface area contributed by atoms with Crippen LogP contribution in [0.15, 0.2) is 41.1 Å². The van der Waals surface area contributed by atoms with Gasteiger partial charge in [0, 0.05) is 30.2 Å². The van der Waals surface area contributed by atoms with Gasteiger partial charge >= 0.3 is 0 Å². The first-order valence-corrected chi connectivity index (χ1v) is 10.5. The first-order chi connectivity index (χ1) is 14.9. The number of ether oxygens (including phenoxy) is 2. The van der Waals surface area contributed by atoms with Crippen molar-refractivity contribution in [3.63, 3.8) is 0 Å². The van der Waals surface area contributed by atoms with Crippen LogP contribution < -0.4 is 10.8 Å². The molecule has 1 aromatic heterocycles. The molecule has 0 aliphatic rings. The average molecular weight is 452 g/mol. The summed E-state index contributed by atoms with van der Waals surface area (Å²) < 4.78 is 10.6. The zero-order valence-corrected chi connectivity index (χ0v) is 17.8. The summed E-state index contributed by atoms with van der Waals surface area (Å²) in [6.45, 7) is 2.40. The lowest BCUT2D eigenvalue weighted by Gasteiger charge is -2.23. The minimum atomic E-state index is -0.613. The molecule has 2 aromatic rings. The molecule has 11 heteroatoms. The molecular weight excluding hydrogens is 426 g/mol. The highest BCUT2D eigenvalue weighted by atomic mass is 32.1. The number of amides is 2. The Kier molecular flexibility index (Phi) is 10.0. The summed E-state index contributed by atoms with van der Waals surface area (Å²) in [4.78, 5) is 35.1. The highest BCUT2D eigenvalue weighted by Crippen LogP contribution is 2.18. The molecule has 2 amide bonds. The molecule has 168 valence electrons. The van der Waals surface area contributed by atoms with Gasteiger partial charge in [0.2, 0.25) is 5.91 Å². The third-order valence-electron chi connectivity index (χ3n) is 4.48. The predicted octanol–water partition coefficient (Wildman–Crippen LogP) is 2.52. The minimum Gasteiger partial charge on any atom is -0.356 e. The van der Waals surface area contributed by atoms with Crippen LogP contribution in [0, 0.1) is 16.0 Å². The van der Waals surface area contributed by atoms with Crippen molar-refractivity contribution in [1.82, 2.24) is 10.8 Å². The molecular formula is C20H25N3O7S. The molecule has 0 aliphatic carbocycles. The summed E-state index contributed by atoms with van der Waals surface area (Å²) in [6.07, 6.45) is 0.582. The van der Waals surface area contributed by atoms with E-state index in [-0.39, 0.29) is 31.1 Å². The Hall–Kier alpha value is -2.86. The quantitative estimate of drug-likeness (QED) is 0.140. The topological polar surface area (TPSA) is 140 Å². The lowest BCUT2D eigenvalue weighted by atomic mass is 9.93. The van der Waals surface area contributed by atoms with Gasteiger partial charge in [-0.25, -0.2) is 5.48 Å². The van der Waals surface area contributed by atoms with E-state index in [9.17, 15) is 19.7 Å². The van der Waals surface area contributed by atoms with Gasteiger partial charge in [-0.1, -0.05) is 0 Å². The van der Waals surface area contributed by atoms with Gasteiger partial charge in [-0.2, -0.15) is 11.3 Å². The number of nitro groups is 1. The SMILES string of the molecule is CCOCOCC(CC(Cc1ccsc1)C(=O)NO)NC(=O)c1ccc([N+](=O)[O-])cc1. The van der Waals surface area contributed by atoms with E-state index in [4.69, 9.17) is 14.7 Å². The fourth-order valence-electron chi connectivity index (χ4n) is 2.92. The van der Waals surface area contributed by atoms with Crippen molar-refractivity contribution < 1.29 is 29.2 Å². The summed E-state index contributed by atoms with van der Waals surface area (Å²) in [5.41, 5.74) is 2.74. The van der Waals surface area contributed by atoms with Crippen molar-refractivity contribution >= 4 is 28.8 Å². The van der Waals surface area contributed by atoms with Crippen LogP contribution in [0.3, 0.4) is 0 Å². The number of hydrogen-bond donors (Lipinski definition) is 3. The fourth-order valence-corrected chi connectivity index (χ4v) is 3.60. The second-order valence-electron chi connectivity index (χ2n) is 6.70. The van der Waals surface area contributed by atoms with Crippen LogP contribution in [-0.4, -0.2) is 48.0 Å². The molecule has 31 heavy (non-hydrogen) atoms. The number of nitrogens with one attached hydrogen (secondary N) is 2. The van der Waals surface area contributed by atoms with Gasteiger partial charge in [-0.15, -0.1) is 0 Å². The Morgan fingerprint density at radius 3 is 2.55 bits per heavy atom. The zero-order chi connectivity index (χ0) is 22.6. The minimum absolute atomic E-state index is 0.0296. The average Bonchev–Trinajstić information content (AvgIpc) is 3.28. The number of rotatable bonds is 13.